The fourth-order valence-corrected chi connectivity index (χ4v) is 2.34. The van der Waals surface area contributed by atoms with E-state index < -0.39 is 0 Å². The van der Waals surface area contributed by atoms with Crippen molar-refractivity contribution in [2.24, 2.45) is 5.73 Å². The number of carbonyl (C=O) groups excluding carboxylic acids is 1. The van der Waals surface area contributed by atoms with Crippen molar-refractivity contribution in [1.29, 1.82) is 0 Å². The summed E-state index contributed by atoms with van der Waals surface area (Å²) in [5.74, 6) is 0.725. The third-order valence-electron chi connectivity index (χ3n) is 3.57. The molecule has 0 heterocycles. The predicted octanol–water partition coefficient (Wildman–Crippen LogP) is 3.27. The van der Waals surface area contributed by atoms with Crippen LogP contribution in [0.15, 0.2) is 28.7 Å². The molecule has 0 unspecified atom stereocenters. The predicted molar refractivity (Wildman–Crippen MR) is 92.0 cm³/mol. The molecule has 0 atom stereocenters. The summed E-state index contributed by atoms with van der Waals surface area (Å²) in [5.41, 5.74) is 5.48. The third-order valence-corrected chi connectivity index (χ3v) is 4.23. The smallest absolute Gasteiger partial charge is 0.223 e. The second-order valence-corrected chi connectivity index (χ2v) is 5.62. The summed E-state index contributed by atoms with van der Waals surface area (Å²) >= 11 is 3.40. The Morgan fingerprint density at radius 1 is 1.33 bits per heavy atom. The van der Waals surface area contributed by atoms with Crippen molar-refractivity contribution in [2.75, 3.05) is 13.2 Å². The number of ether oxygens (including phenoxy) is 1. The van der Waals surface area contributed by atoms with Gasteiger partial charge in [0.25, 0.3) is 0 Å². The lowest BCUT2D eigenvalue weighted by molar-refractivity contribution is -0.123. The van der Waals surface area contributed by atoms with E-state index in [1.54, 1.807) is 0 Å². The molecule has 120 valence electrons. The first-order chi connectivity index (χ1) is 9.56. The van der Waals surface area contributed by atoms with E-state index in [2.05, 4.69) is 21.2 Å². The van der Waals surface area contributed by atoms with Gasteiger partial charge in [0, 0.05) is 6.54 Å². The zero-order chi connectivity index (χ0) is 15.0. The highest BCUT2D eigenvalue weighted by atomic mass is 79.9. The molecule has 21 heavy (non-hydrogen) atoms. The van der Waals surface area contributed by atoms with E-state index in [9.17, 15) is 4.79 Å². The van der Waals surface area contributed by atoms with Gasteiger partial charge in [-0.25, -0.2) is 0 Å². The molecule has 0 saturated carbocycles. The molecular formula is C15H24BrClN2O2. The molecule has 1 aromatic carbocycles. The second kappa shape index (κ2) is 10.0. The number of nitrogens with one attached hydrogen (secondary N) is 1. The van der Waals surface area contributed by atoms with Crippen LogP contribution in [0.3, 0.4) is 0 Å². The van der Waals surface area contributed by atoms with Crippen LogP contribution in [0, 0.1) is 0 Å². The number of benzene rings is 1. The fraction of sp³-hybridized carbons (Fsp3) is 0.533. The maximum Gasteiger partial charge on any atom is 0.223 e. The molecule has 0 bridgehead atoms. The molecule has 0 aromatic heterocycles. The summed E-state index contributed by atoms with van der Waals surface area (Å²) in [6.45, 7) is 4.88. The molecule has 0 aliphatic heterocycles. The summed E-state index contributed by atoms with van der Waals surface area (Å²) in [4.78, 5) is 12.0. The minimum absolute atomic E-state index is 0. The zero-order valence-corrected chi connectivity index (χ0v) is 14.9. The fourth-order valence-electron chi connectivity index (χ4n) is 1.94. The molecule has 0 fully saturated rings. The van der Waals surface area contributed by atoms with Crippen LogP contribution in [0.5, 0.6) is 5.75 Å². The quantitative estimate of drug-likeness (QED) is 0.728. The number of carbonyl (C=O) groups is 1. The van der Waals surface area contributed by atoms with Crippen LogP contribution >= 0.6 is 28.3 Å². The van der Waals surface area contributed by atoms with Gasteiger partial charge in [-0.05, 0) is 40.9 Å². The molecular weight excluding hydrogens is 356 g/mol. The summed E-state index contributed by atoms with van der Waals surface area (Å²) in [6, 6.07) is 7.59. The lowest BCUT2D eigenvalue weighted by Gasteiger charge is -2.31. The normalized spacial score (nSPS) is 10.7. The van der Waals surface area contributed by atoms with Crippen LogP contribution < -0.4 is 15.8 Å². The highest BCUT2D eigenvalue weighted by Gasteiger charge is 2.25. The van der Waals surface area contributed by atoms with Gasteiger partial charge in [0.15, 0.2) is 0 Å². The first-order valence-electron chi connectivity index (χ1n) is 6.95. The van der Waals surface area contributed by atoms with Gasteiger partial charge in [-0.1, -0.05) is 26.0 Å². The molecule has 0 saturated heterocycles. The Labute approximate surface area is 141 Å². The van der Waals surface area contributed by atoms with Crippen LogP contribution in [0.25, 0.3) is 0 Å². The second-order valence-electron chi connectivity index (χ2n) is 4.77. The number of nitrogens with two attached hydrogens (primary N) is 1. The summed E-state index contributed by atoms with van der Waals surface area (Å²) in [6.07, 6.45) is 1.98. The van der Waals surface area contributed by atoms with E-state index >= 15 is 0 Å². The molecule has 4 nitrogen and oxygen atoms in total. The van der Waals surface area contributed by atoms with E-state index in [1.807, 2.05) is 38.1 Å². The van der Waals surface area contributed by atoms with E-state index in [1.165, 1.54) is 0 Å². The average molecular weight is 380 g/mol. The standard InChI is InChI=1S/C15H23BrN2O2.ClH/c1-3-15(4-2,11-17)18-14(19)9-10-20-13-8-6-5-7-12(13)16;/h5-8H,3-4,9-11,17H2,1-2H3,(H,18,19);1H. The summed E-state index contributed by atoms with van der Waals surface area (Å²) in [7, 11) is 0. The molecule has 0 aliphatic carbocycles. The van der Waals surface area contributed by atoms with Crippen molar-refractivity contribution in [2.45, 2.75) is 38.6 Å². The van der Waals surface area contributed by atoms with Crippen molar-refractivity contribution >= 4 is 34.2 Å². The van der Waals surface area contributed by atoms with Gasteiger partial charge in [-0.3, -0.25) is 4.79 Å². The zero-order valence-electron chi connectivity index (χ0n) is 12.5. The summed E-state index contributed by atoms with van der Waals surface area (Å²) in [5, 5.41) is 3.02. The van der Waals surface area contributed by atoms with Crippen molar-refractivity contribution < 1.29 is 9.53 Å². The van der Waals surface area contributed by atoms with Gasteiger partial charge in [0.1, 0.15) is 5.75 Å². The van der Waals surface area contributed by atoms with Gasteiger partial charge in [0.05, 0.1) is 23.0 Å². The summed E-state index contributed by atoms with van der Waals surface area (Å²) < 4.78 is 6.47. The average Bonchev–Trinajstić information content (AvgIpc) is 2.47. The Morgan fingerprint density at radius 2 is 1.95 bits per heavy atom. The van der Waals surface area contributed by atoms with Crippen LogP contribution in [0.2, 0.25) is 0 Å². The van der Waals surface area contributed by atoms with Gasteiger partial charge < -0.3 is 15.8 Å². The van der Waals surface area contributed by atoms with Crippen molar-refractivity contribution in [3.8, 4) is 5.75 Å². The van der Waals surface area contributed by atoms with Gasteiger partial charge in [-0.15, -0.1) is 12.4 Å². The van der Waals surface area contributed by atoms with E-state index in [0.29, 0.717) is 19.6 Å². The van der Waals surface area contributed by atoms with Crippen LogP contribution in [-0.4, -0.2) is 24.6 Å². The number of hydrogen-bond acceptors (Lipinski definition) is 3. The topological polar surface area (TPSA) is 64.3 Å². The van der Waals surface area contributed by atoms with Crippen molar-refractivity contribution in [1.82, 2.24) is 5.32 Å². The number of para-hydroxylation sites is 1. The molecule has 3 N–H and O–H groups in total. The van der Waals surface area contributed by atoms with Gasteiger partial charge in [-0.2, -0.15) is 0 Å². The van der Waals surface area contributed by atoms with E-state index in [-0.39, 0.29) is 23.9 Å². The highest BCUT2D eigenvalue weighted by molar-refractivity contribution is 9.10. The molecule has 0 radical (unpaired) electrons. The van der Waals surface area contributed by atoms with Crippen LogP contribution in [0.1, 0.15) is 33.1 Å². The monoisotopic (exact) mass is 378 g/mol. The molecule has 1 aromatic rings. The number of halogens is 2. The Kier molecular flexibility index (Phi) is 9.66. The first-order valence-corrected chi connectivity index (χ1v) is 7.74. The SMILES string of the molecule is CCC(CC)(CN)NC(=O)CCOc1ccccc1Br.Cl. The molecule has 0 aliphatic rings. The van der Waals surface area contributed by atoms with Crippen molar-refractivity contribution in [3.05, 3.63) is 28.7 Å². The molecule has 1 rings (SSSR count). The molecule has 0 spiro atoms. The van der Waals surface area contributed by atoms with Crippen molar-refractivity contribution in [3.63, 3.8) is 0 Å². The van der Waals surface area contributed by atoms with E-state index in [4.69, 9.17) is 10.5 Å². The van der Waals surface area contributed by atoms with Crippen LogP contribution in [-0.2, 0) is 4.79 Å². The lowest BCUT2D eigenvalue weighted by atomic mass is 9.93. The maximum atomic E-state index is 12.0. The third kappa shape index (κ3) is 6.24. The molecule has 6 heteroatoms. The minimum Gasteiger partial charge on any atom is -0.492 e. The Bertz CT molecular complexity index is 431. The number of hydrogen-bond donors (Lipinski definition) is 2. The molecule has 1 amide bonds. The first kappa shape index (κ1) is 20.2. The van der Waals surface area contributed by atoms with Crippen LogP contribution in [0.4, 0.5) is 0 Å². The number of amides is 1. The lowest BCUT2D eigenvalue weighted by Crippen LogP contribution is -2.53. The highest BCUT2D eigenvalue weighted by Crippen LogP contribution is 2.23. The van der Waals surface area contributed by atoms with Gasteiger partial charge in [0.2, 0.25) is 5.91 Å². The number of rotatable bonds is 8. The minimum atomic E-state index is -0.287. The maximum absolute atomic E-state index is 12.0. The largest absolute Gasteiger partial charge is 0.492 e. The van der Waals surface area contributed by atoms with Gasteiger partial charge >= 0.3 is 0 Å². The Balaban J connectivity index is 0.00000400. The van der Waals surface area contributed by atoms with E-state index in [0.717, 1.165) is 23.1 Å². The Morgan fingerprint density at radius 3 is 2.48 bits per heavy atom. The Hall–Kier alpha value is -0.780.